The molecule has 0 amide bonds. The van der Waals surface area contributed by atoms with Crippen LogP contribution in [0.3, 0.4) is 0 Å². The number of esters is 4. The van der Waals surface area contributed by atoms with E-state index in [1.807, 2.05) is 32.8 Å². The molecule has 0 aromatic rings. The fourth-order valence-electron chi connectivity index (χ4n) is 6.47. The minimum Gasteiger partial charge on any atom is -0.466 e. The number of hydrogen-bond acceptors (Lipinski definition) is 10. The number of carbonyl (C=O) groups excluding carboxylic acids is 4. The van der Waals surface area contributed by atoms with Crippen molar-refractivity contribution in [1.82, 2.24) is 9.80 Å². The maximum atomic E-state index is 13.1. The second-order valence-electron chi connectivity index (χ2n) is 14.5. The molecule has 10 nitrogen and oxygen atoms in total. The molecule has 0 bridgehead atoms. The zero-order valence-corrected chi connectivity index (χ0v) is 34.7. The van der Waals surface area contributed by atoms with Crippen LogP contribution < -0.4 is 0 Å². The molecule has 0 N–H and O–H groups in total. The lowest BCUT2D eigenvalue weighted by Gasteiger charge is -2.22. The van der Waals surface area contributed by atoms with Crippen LogP contribution in [-0.4, -0.2) is 99.4 Å². The van der Waals surface area contributed by atoms with E-state index in [2.05, 4.69) is 18.7 Å². The lowest BCUT2D eigenvalue weighted by Crippen LogP contribution is -2.38. The van der Waals surface area contributed by atoms with E-state index in [0.717, 1.165) is 83.6 Å². The highest BCUT2D eigenvalue weighted by atomic mass is 16.6. The molecule has 0 radical (unpaired) electrons. The predicted molar refractivity (Wildman–Crippen MR) is 210 cm³/mol. The molecule has 1 aliphatic heterocycles. The molecule has 3 unspecified atom stereocenters. The van der Waals surface area contributed by atoms with Gasteiger partial charge in [-0.3, -0.25) is 24.1 Å². The van der Waals surface area contributed by atoms with Crippen molar-refractivity contribution in [3.05, 3.63) is 0 Å². The molecule has 0 spiro atoms. The third kappa shape index (κ3) is 27.4. The Hall–Kier alpha value is -2.20. The van der Waals surface area contributed by atoms with Crippen molar-refractivity contribution in [1.29, 1.82) is 0 Å². The average Bonchev–Trinajstić information content (AvgIpc) is 3.53. The SMILES string of the molecule is CC.CCCCCCCCC(CCCCCC)C(=O)OCCCCCCOC(=O)C1CC(OC(=O)CCN(C)C)CN1CCCCCCOC(C)=O. The Kier molecular flexibility index (Phi) is 33.1. The largest absolute Gasteiger partial charge is 0.466 e. The van der Waals surface area contributed by atoms with Crippen LogP contribution in [0.1, 0.15) is 176 Å². The predicted octanol–water partition coefficient (Wildman–Crippen LogP) is 9.06. The molecule has 0 aromatic carbocycles. The first-order chi connectivity index (χ1) is 25.2. The quantitative estimate of drug-likeness (QED) is 0.0376. The molecule has 3 atom stereocenters. The van der Waals surface area contributed by atoms with E-state index in [0.29, 0.717) is 45.8 Å². The van der Waals surface area contributed by atoms with Crippen LogP contribution in [0.4, 0.5) is 0 Å². The fraction of sp³-hybridized carbons (Fsp3) is 0.905. The summed E-state index contributed by atoms with van der Waals surface area (Å²) in [5.41, 5.74) is 0. The lowest BCUT2D eigenvalue weighted by atomic mass is 9.94. The van der Waals surface area contributed by atoms with Crippen LogP contribution in [0.15, 0.2) is 0 Å². The molecule has 1 fully saturated rings. The van der Waals surface area contributed by atoms with Crippen molar-refractivity contribution in [2.45, 2.75) is 188 Å². The monoisotopic (exact) mass is 741 g/mol. The van der Waals surface area contributed by atoms with Gasteiger partial charge >= 0.3 is 23.9 Å². The van der Waals surface area contributed by atoms with Gasteiger partial charge in [0.2, 0.25) is 0 Å². The van der Waals surface area contributed by atoms with Crippen molar-refractivity contribution in [2.24, 2.45) is 5.92 Å². The highest BCUT2D eigenvalue weighted by Gasteiger charge is 2.39. The van der Waals surface area contributed by atoms with Gasteiger partial charge in [-0.25, -0.2) is 0 Å². The summed E-state index contributed by atoms with van der Waals surface area (Å²) >= 11 is 0. The van der Waals surface area contributed by atoms with Crippen LogP contribution in [-0.2, 0) is 38.1 Å². The number of nitrogens with zero attached hydrogens (tertiary/aromatic N) is 2. The molecule has 10 heteroatoms. The van der Waals surface area contributed by atoms with E-state index >= 15 is 0 Å². The topological polar surface area (TPSA) is 112 Å². The van der Waals surface area contributed by atoms with Crippen molar-refractivity contribution in [2.75, 3.05) is 53.6 Å². The Morgan fingerprint density at radius 1 is 0.673 bits per heavy atom. The maximum absolute atomic E-state index is 13.1. The second-order valence-corrected chi connectivity index (χ2v) is 14.5. The zero-order valence-electron chi connectivity index (χ0n) is 34.7. The standard InChI is InChI=1S/C40H74N2O8.C2H6/c1-6-8-10-12-13-19-25-35(24-18-11-9-7-2)39(45)48-30-22-16-17-23-31-49-40(46)37-32-36(50-38(44)26-28-41(4)5)33-42(37)27-20-14-15-21-29-47-34(3)43;1-2/h35-37H,6-33H2,1-5H3;1-2H3. The molecule has 306 valence electrons. The smallest absolute Gasteiger partial charge is 0.323 e. The van der Waals surface area contributed by atoms with Crippen molar-refractivity contribution in [3.8, 4) is 0 Å². The molecule has 1 rings (SSSR count). The summed E-state index contributed by atoms with van der Waals surface area (Å²) in [4.78, 5) is 53.4. The highest BCUT2D eigenvalue weighted by Crippen LogP contribution is 2.24. The minimum atomic E-state index is -0.423. The van der Waals surface area contributed by atoms with Crippen LogP contribution in [0.25, 0.3) is 0 Å². The first-order valence-corrected chi connectivity index (χ1v) is 21.2. The first kappa shape index (κ1) is 49.8. The van der Waals surface area contributed by atoms with Crippen LogP contribution in [0.5, 0.6) is 0 Å². The average molecular weight is 741 g/mol. The molecule has 0 saturated carbocycles. The van der Waals surface area contributed by atoms with Gasteiger partial charge in [0.15, 0.2) is 0 Å². The summed E-state index contributed by atoms with van der Waals surface area (Å²) in [7, 11) is 3.84. The number of unbranched alkanes of at least 4 members (excludes halogenated alkanes) is 14. The molecule has 1 heterocycles. The number of carbonyl (C=O) groups is 4. The second kappa shape index (κ2) is 34.6. The maximum Gasteiger partial charge on any atom is 0.323 e. The normalized spacial score (nSPS) is 16.2. The Labute approximate surface area is 318 Å². The number of rotatable bonds is 32. The van der Waals surface area contributed by atoms with Crippen LogP contribution >= 0.6 is 0 Å². The molecular weight excluding hydrogens is 660 g/mol. The van der Waals surface area contributed by atoms with Gasteiger partial charge in [-0.05, 0) is 72.0 Å². The summed E-state index contributed by atoms with van der Waals surface area (Å²) in [6.45, 7) is 13.0. The van der Waals surface area contributed by atoms with E-state index in [9.17, 15) is 19.2 Å². The van der Waals surface area contributed by atoms with Gasteiger partial charge in [-0.1, -0.05) is 105 Å². The summed E-state index contributed by atoms with van der Waals surface area (Å²) in [6.07, 6.45) is 21.4. The van der Waals surface area contributed by atoms with Gasteiger partial charge < -0.3 is 23.8 Å². The van der Waals surface area contributed by atoms with E-state index in [4.69, 9.17) is 18.9 Å². The van der Waals surface area contributed by atoms with E-state index in [1.54, 1.807) is 0 Å². The Morgan fingerprint density at radius 3 is 1.75 bits per heavy atom. The third-order valence-corrected chi connectivity index (χ3v) is 9.52. The number of ether oxygens (including phenoxy) is 4. The Balaban J connectivity index is 0.0000128. The molecule has 52 heavy (non-hydrogen) atoms. The first-order valence-electron chi connectivity index (χ1n) is 21.2. The van der Waals surface area contributed by atoms with Gasteiger partial charge in [-0.15, -0.1) is 0 Å². The Bertz CT molecular complexity index is 899. The summed E-state index contributed by atoms with van der Waals surface area (Å²) < 4.78 is 22.2. The molecule has 1 aliphatic rings. The minimum absolute atomic E-state index is 0.0196. The zero-order chi connectivity index (χ0) is 38.8. The molecule has 1 saturated heterocycles. The fourth-order valence-corrected chi connectivity index (χ4v) is 6.47. The molecular formula is C42H80N2O8. The Morgan fingerprint density at radius 2 is 1.17 bits per heavy atom. The van der Waals surface area contributed by atoms with Crippen molar-refractivity contribution >= 4 is 23.9 Å². The number of hydrogen-bond donors (Lipinski definition) is 0. The summed E-state index contributed by atoms with van der Waals surface area (Å²) in [5, 5.41) is 0. The molecule has 0 aliphatic carbocycles. The van der Waals surface area contributed by atoms with Gasteiger partial charge in [0.1, 0.15) is 12.1 Å². The van der Waals surface area contributed by atoms with Crippen molar-refractivity contribution in [3.63, 3.8) is 0 Å². The summed E-state index contributed by atoms with van der Waals surface area (Å²) in [6, 6.07) is -0.423. The molecule has 0 aromatic heterocycles. The van der Waals surface area contributed by atoms with Crippen LogP contribution in [0.2, 0.25) is 0 Å². The van der Waals surface area contributed by atoms with Crippen LogP contribution in [0, 0.1) is 5.92 Å². The number of likely N-dealkylation sites (tertiary alicyclic amines) is 1. The van der Waals surface area contributed by atoms with E-state index in [-0.39, 0.29) is 35.9 Å². The van der Waals surface area contributed by atoms with Gasteiger partial charge in [-0.2, -0.15) is 0 Å². The van der Waals surface area contributed by atoms with Gasteiger partial charge in [0, 0.05) is 26.4 Å². The van der Waals surface area contributed by atoms with Gasteiger partial charge in [0.25, 0.3) is 0 Å². The van der Waals surface area contributed by atoms with E-state index < -0.39 is 6.04 Å². The van der Waals surface area contributed by atoms with Gasteiger partial charge in [0.05, 0.1) is 32.2 Å². The van der Waals surface area contributed by atoms with Crippen molar-refractivity contribution < 1.29 is 38.1 Å². The lowest BCUT2D eigenvalue weighted by molar-refractivity contribution is -0.151. The van der Waals surface area contributed by atoms with E-state index in [1.165, 1.54) is 58.3 Å². The third-order valence-electron chi connectivity index (χ3n) is 9.52. The summed E-state index contributed by atoms with van der Waals surface area (Å²) in [5.74, 6) is -0.745. The highest BCUT2D eigenvalue weighted by molar-refractivity contribution is 5.76.